The minimum absolute atomic E-state index is 0.124. The topological polar surface area (TPSA) is 71.5 Å². The number of thioether (sulfide) groups is 1. The van der Waals surface area contributed by atoms with Crippen LogP contribution in [-0.2, 0) is 4.74 Å². The molecule has 2 aromatic heterocycles. The van der Waals surface area contributed by atoms with Crippen LogP contribution in [0, 0.1) is 5.82 Å². The van der Waals surface area contributed by atoms with Gasteiger partial charge < -0.3 is 14.5 Å². The lowest BCUT2D eigenvalue weighted by Gasteiger charge is -2.40. The number of pyridine rings is 1. The molecule has 1 fully saturated rings. The Morgan fingerprint density at radius 3 is 2.81 bits per heavy atom. The van der Waals surface area contributed by atoms with Crippen LogP contribution < -0.4 is 4.90 Å². The molecule has 32 heavy (non-hydrogen) atoms. The van der Waals surface area contributed by atoms with Gasteiger partial charge in [-0.15, -0.1) is 0 Å². The smallest absolute Gasteiger partial charge is 0.409 e. The summed E-state index contributed by atoms with van der Waals surface area (Å²) in [6.45, 7) is 7.75. The first-order chi connectivity index (χ1) is 15.4. The number of carbonyl (C=O) groups is 1. The summed E-state index contributed by atoms with van der Waals surface area (Å²) in [6.07, 6.45) is 5.41. The van der Waals surface area contributed by atoms with Crippen molar-refractivity contribution in [1.82, 2.24) is 19.9 Å². The third kappa shape index (κ3) is 5.46. The molecule has 1 aliphatic rings. The van der Waals surface area contributed by atoms with E-state index in [9.17, 15) is 9.18 Å². The number of rotatable bonds is 7. The molecule has 1 amide bonds. The molecule has 7 nitrogen and oxygen atoms in total. The Bertz CT molecular complexity index is 1010. The number of hydrogen-bond acceptors (Lipinski definition) is 7. The standard InChI is InChI=1S/C21H26BrClFN5O2S/c1-4-7-11-31-21(30)28-9-10-29(13(12-28)8-5-2)19-14-16(25-20(27-19)32-6-3)15(24)18(23)26-17(14)22/h5,8,13H,4,6-7,9-12H2,1-3H3/b8-5-. The van der Waals surface area contributed by atoms with Crippen LogP contribution in [0.1, 0.15) is 33.6 Å². The Labute approximate surface area is 204 Å². The van der Waals surface area contributed by atoms with Crippen LogP contribution in [0.3, 0.4) is 0 Å². The number of allylic oxidation sites excluding steroid dienone is 1. The lowest BCUT2D eigenvalue weighted by molar-refractivity contribution is 0.0958. The predicted molar refractivity (Wildman–Crippen MR) is 130 cm³/mol. The number of ether oxygens (including phenoxy) is 1. The molecule has 0 aliphatic carbocycles. The molecule has 0 bridgehead atoms. The van der Waals surface area contributed by atoms with Gasteiger partial charge in [0, 0.05) is 19.6 Å². The van der Waals surface area contributed by atoms with Crippen molar-refractivity contribution < 1.29 is 13.9 Å². The van der Waals surface area contributed by atoms with Gasteiger partial charge in [-0.1, -0.05) is 55.8 Å². The molecule has 1 saturated heterocycles. The monoisotopic (exact) mass is 545 g/mol. The molecular weight excluding hydrogens is 521 g/mol. The molecule has 1 atom stereocenters. The van der Waals surface area contributed by atoms with Crippen LogP contribution >= 0.6 is 39.3 Å². The number of nitrogens with zero attached hydrogens (tertiary/aromatic N) is 5. The summed E-state index contributed by atoms with van der Waals surface area (Å²) in [7, 11) is 0. The fraction of sp³-hybridized carbons (Fsp3) is 0.524. The highest BCUT2D eigenvalue weighted by atomic mass is 79.9. The van der Waals surface area contributed by atoms with Crippen molar-refractivity contribution in [1.29, 1.82) is 0 Å². The van der Waals surface area contributed by atoms with Gasteiger partial charge in [-0.05, 0) is 35.0 Å². The minimum atomic E-state index is -0.674. The maximum Gasteiger partial charge on any atom is 0.409 e. The molecule has 11 heteroatoms. The normalized spacial score (nSPS) is 16.9. The molecule has 0 spiro atoms. The van der Waals surface area contributed by atoms with E-state index in [0.29, 0.717) is 47.2 Å². The number of carbonyl (C=O) groups excluding carboxylic acids is 1. The van der Waals surface area contributed by atoms with Gasteiger partial charge in [0.2, 0.25) is 0 Å². The van der Waals surface area contributed by atoms with Crippen LogP contribution in [0.4, 0.5) is 15.0 Å². The number of amides is 1. The van der Waals surface area contributed by atoms with Crippen molar-refractivity contribution in [2.75, 3.05) is 36.9 Å². The second kappa shape index (κ2) is 11.5. The fourth-order valence-electron chi connectivity index (χ4n) is 3.49. The van der Waals surface area contributed by atoms with E-state index in [1.807, 2.05) is 26.0 Å². The maximum absolute atomic E-state index is 14.9. The fourth-order valence-corrected chi connectivity index (χ4v) is 4.87. The van der Waals surface area contributed by atoms with E-state index in [4.69, 9.17) is 21.3 Å². The van der Waals surface area contributed by atoms with Gasteiger partial charge in [-0.2, -0.15) is 0 Å². The molecule has 174 valence electrons. The number of fused-ring (bicyclic) bond motifs is 1. The van der Waals surface area contributed by atoms with Crippen LogP contribution in [0.15, 0.2) is 21.9 Å². The summed E-state index contributed by atoms with van der Waals surface area (Å²) in [5.41, 5.74) is 0.124. The third-order valence-electron chi connectivity index (χ3n) is 5.02. The number of hydrogen-bond donors (Lipinski definition) is 0. The second-order valence-electron chi connectivity index (χ2n) is 7.19. The highest BCUT2D eigenvalue weighted by Gasteiger charge is 2.32. The van der Waals surface area contributed by atoms with Crippen LogP contribution in [0.2, 0.25) is 5.15 Å². The van der Waals surface area contributed by atoms with E-state index < -0.39 is 5.82 Å². The molecule has 0 saturated carbocycles. The quantitative estimate of drug-likeness (QED) is 0.145. The van der Waals surface area contributed by atoms with Gasteiger partial charge in [0.15, 0.2) is 16.1 Å². The Hall–Kier alpha value is -1.65. The summed E-state index contributed by atoms with van der Waals surface area (Å²) in [5.74, 6) is 0.623. The largest absolute Gasteiger partial charge is 0.449 e. The lowest BCUT2D eigenvalue weighted by atomic mass is 10.1. The van der Waals surface area contributed by atoms with Crippen LogP contribution in [0.25, 0.3) is 10.9 Å². The van der Waals surface area contributed by atoms with Gasteiger partial charge in [-0.25, -0.2) is 24.1 Å². The van der Waals surface area contributed by atoms with Crippen molar-refractivity contribution in [3.05, 3.63) is 27.7 Å². The molecule has 0 N–H and O–H groups in total. The van der Waals surface area contributed by atoms with Crippen molar-refractivity contribution in [3.63, 3.8) is 0 Å². The van der Waals surface area contributed by atoms with Crippen LogP contribution in [-0.4, -0.2) is 64.0 Å². The number of unbranched alkanes of at least 4 members (excludes halogenated alkanes) is 1. The van der Waals surface area contributed by atoms with Gasteiger partial charge >= 0.3 is 6.09 Å². The van der Waals surface area contributed by atoms with E-state index in [1.165, 1.54) is 11.8 Å². The maximum atomic E-state index is 14.9. The average Bonchev–Trinajstić information content (AvgIpc) is 2.77. The zero-order valence-corrected chi connectivity index (χ0v) is 21.4. The van der Waals surface area contributed by atoms with E-state index in [2.05, 4.69) is 37.7 Å². The summed E-state index contributed by atoms with van der Waals surface area (Å²) < 4.78 is 20.7. The Morgan fingerprint density at radius 1 is 1.34 bits per heavy atom. The van der Waals surface area contributed by atoms with Crippen molar-refractivity contribution in [2.45, 2.75) is 44.8 Å². The summed E-state index contributed by atoms with van der Waals surface area (Å²) >= 11 is 10.8. The van der Waals surface area contributed by atoms with Gasteiger partial charge in [0.25, 0.3) is 0 Å². The molecule has 1 unspecified atom stereocenters. The van der Waals surface area contributed by atoms with Gasteiger partial charge in [0.1, 0.15) is 15.9 Å². The zero-order valence-electron chi connectivity index (χ0n) is 18.3. The second-order valence-corrected chi connectivity index (χ2v) is 9.53. The summed E-state index contributed by atoms with van der Waals surface area (Å²) in [4.78, 5) is 29.5. The number of aromatic nitrogens is 3. The Morgan fingerprint density at radius 2 is 2.12 bits per heavy atom. The predicted octanol–water partition coefficient (Wildman–Crippen LogP) is 5.70. The number of anilines is 1. The average molecular weight is 547 g/mol. The molecule has 3 heterocycles. The van der Waals surface area contributed by atoms with Crippen molar-refractivity contribution in [3.8, 4) is 0 Å². The Kier molecular flexibility index (Phi) is 8.95. The highest BCUT2D eigenvalue weighted by Crippen LogP contribution is 2.36. The van der Waals surface area contributed by atoms with Crippen LogP contribution in [0.5, 0.6) is 0 Å². The molecule has 0 aromatic carbocycles. The van der Waals surface area contributed by atoms with E-state index in [1.54, 1.807) is 4.90 Å². The SMILES string of the molecule is C/C=C\C1CN(C(=O)OCCCC)CCN1c1nc(SCC)nc2c(F)c(Cl)nc(Br)c12. The lowest BCUT2D eigenvalue weighted by Crippen LogP contribution is -2.54. The molecule has 3 rings (SSSR count). The zero-order chi connectivity index (χ0) is 23.3. The van der Waals surface area contributed by atoms with E-state index in [0.717, 1.165) is 18.6 Å². The Balaban J connectivity index is 2.01. The highest BCUT2D eigenvalue weighted by molar-refractivity contribution is 9.10. The van der Waals surface area contributed by atoms with Crippen molar-refractivity contribution in [2.24, 2.45) is 0 Å². The minimum Gasteiger partial charge on any atom is -0.449 e. The van der Waals surface area contributed by atoms with Gasteiger partial charge in [-0.3, -0.25) is 0 Å². The molecule has 1 aliphatic heterocycles. The first-order valence-corrected chi connectivity index (χ1v) is 12.7. The first-order valence-electron chi connectivity index (χ1n) is 10.6. The summed E-state index contributed by atoms with van der Waals surface area (Å²) in [5, 5.41) is 0.677. The number of piperazine rings is 1. The molecule has 2 aromatic rings. The van der Waals surface area contributed by atoms with E-state index in [-0.39, 0.29) is 22.8 Å². The number of halogens is 3. The molecular formula is C21H26BrClFN5O2S. The third-order valence-corrected chi connectivity index (χ3v) is 6.58. The molecule has 0 radical (unpaired) electrons. The van der Waals surface area contributed by atoms with E-state index >= 15 is 0 Å². The van der Waals surface area contributed by atoms with Gasteiger partial charge in [0.05, 0.1) is 18.0 Å². The first kappa shape index (κ1) is 25.0. The van der Waals surface area contributed by atoms with Crippen molar-refractivity contribution >= 4 is 62.1 Å². The summed E-state index contributed by atoms with van der Waals surface area (Å²) in [6, 6.07) is -0.171.